The summed E-state index contributed by atoms with van der Waals surface area (Å²) in [5, 5.41) is 2.81. The van der Waals surface area contributed by atoms with Gasteiger partial charge in [0.1, 0.15) is 0 Å². The van der Waals surface area contributed by atoms with E-state index >= 15 is 0 Å². The van der Waals surface area contributed by atoms with Gasteiger partial charge in [0.05, 0.1) is 16.6 Å². The van der Waals surface area contributed by atoms with Crippen molar-refractivity contribution in [1.82, 2.24) is 4.98 Å². The minimum atomic E-state index is -4.67. The second-order valence-electron chi connectivity index (χ2n) is 5.52. The van der Waals surface area contributed by atoms with Gasteiger partial charge in [-0.25, -0.2) is 4.99 Å². The van der Waals surface area contributed by atoms with Crippen molar-refractivity contribution in [2.45, 2.75) is 19.8 Å². The lowest BCUT2D eigenvalue weighted by Gasteiger charge is -1.93. The molecule has 138 valence electrons. The van der Waals surface area contributed by atoms with Gasteiger partial charge in [-0.15, -0.1) is 0 Å². The summed E-state index contributed by atoms with van der Waals surface area (Å²) in [5.74, 6) is -0.0903. The van der Waals surface area contributed by atoms with Gasteiger partial charge in [0.2, 0.25) is 5.91 Å². The summed E-state index contributed by atoms with van der Waals surface area (Å²) in [6.45, 7) is 1.97. The molecule has 0 atom stereocenters. The van der Waals surface area contributed by atoms with Crippen molar-refractivity contribution in [3.05, 3.63) is 47.8 Å². The molecule has 1 amide bonds. The second-order valence-corrected chi connectivity index (χ2v) is 6.42. The zero-order valence-corrected chi connectivity index (χ0v) is 14.8. The largest absolute Gasteiger partial charge is 0.397 e. The molecule has 0 unspecified atom stereocenters. The van der Waals surface area contributed by atoms with Crippen molar-refractivity contribution >= 4 is 43.8 Å². The number of aromatic amines is 1. The number of carbonyl (C=O) groups excluding carboxylic acids is 1. The van der Waals surface area contributed by atoms with Crippen LogP contribution >= 0.6 is 0 Å². The van der Waals surface area contributed by atoms with Crippen LogP contribution in [0.5, 0.6) is 0 Å². The topological polar surface area (TPSA) is 146 Å². The van der Waals surface area contributed by atoms with E-state index in [1.54, 1.807) is 0 Å². The van der Waals surface area contributed by atoms with Gasteiger partial charge >= 0.3 is 10.4 Å². The summed E-state index contributed by atoms with van der Waals surface area (Å²) in [5.41, 5.74) is 8.56. The average molecular weight is 377 g/mol. The number of amides is 1. The minimum absolute atomic E-state index is 0.0903. The van der Waals surface area contributed by atoms with Crippen LogP contribution in [0.3, 0.4) is 0 Å². The Bertz CT molecular complexity index is 1110. The molecule has 1 heterocycles. The van der Waals surface area contributed by atoms with Crippen molar-refractivity contribution < 1.29 is 22.3 Å². The van der Waals surface area contributed by atoms with Gasteiger partial charge in [0.15, 0.2) is 0 Å². The van der Waals surface area contributed by atoms with E-state index in [1.165, 1.54) is 0 Å². The average Bonchev–Trinajstić information content (AvgIpc) is 2.73. The molecule has 3 rings (SSSR count). The Balaban J connectivity index is 0.000000431. The second kappa shape index (κ2) is 8.09. The molecule has 0 radical (unpaired) electrons. The van der Waals surface area contributed by atoms with E-state index in [4.69, 9.17) is 23.3 Å². The van der Waals surface area contributed by atoms with E-state index in [2.05, 4.69) is 9.98 Å². The summed E-state index contributed by atoms with van der Waals surface area (Å²) < 4.78 is 31.6. The highest BCUT2D eigenvalue weighted by Crippen LogP contribution is 2.27. The Labute approximate surface area is 150 Å². The molecule has 5 N–H and O–H groups in total. The summed E-state index contributed by atoms with van der Waals surface area (Å²) in [7, 11) is -4.67. The highest BCUT2D eigenvalue weighted by Gasteiger charge is 2.05. The van der Waals surface area contributed by atoms with Crippen molar-refractivity contribution in [3.8, 4) is 0 Å². The van der Waals surface area contributed by atoms with Crippen molar-refractivity contribution in [2.24, 2.45) is 4.99 Å². The molecular weight excluding hydrogens is 358 g/mol. The molecule has 0 saturated heterocycles. The zero-order chi connectivity index (χ0) is 19.3. The number of nitrogens with zero attached hydrogens (tertiary/aromatic N) is 1. The first kappa shape index (κ1) is 19.6. The SMILES string of the molecule is CCCC(=O)N=c1cccc2c(c1)[nH]c1c(N)cccc12.O=S(=O)(O)O. The van der Waals surface area contributed by atoms with Crippen LogP contribution in [-0.4, -0.2) is 28.4 Å². The fraction of sp³-hybridized carbons (Fsp3) is 0.176. The molecule has 0 saturated carbocycles. The molecule has 0 fully saturated rings. The van der Waals surface area contributed by atoms with E-state index in [0.29, 0.717) is 17.5 Å². The molecular formula is C17H19N3O5S. The fourth-order valence-corrected chi connectivity index (χ4v) is 2.50. The van der Waals surface area contributed by atoms with E-state index in [9.17, 15) is 4.79 Å². The third-order valence-electron chi connectivity index (χ3n) is 3.48. The van der Waals surface area contributed by atoms with Crippen LogP contribution in [0.15, 0.2) is 47.5 Å². The predicted octanol–water partition coefficient (Wildman–Crippen LogP) is 2.48. The van der Waals surface area contributed by atoms with Gasteiger partial charge in [-0.1, -0.05) is 31.2 Å². The Morgan fingerprint density at radius 3 is 2.42 bits per heavy atom. The molecule has 0 bridgehead atoms. The van der Waals surface area contributed by atoms with E-state index in [-0.39, 0.29) is 5.91 Å². The summed E-state index contributed by atoms with van der Waals surface area (Å²) >= 11 is 0. The van der Waals surface area contributed by atoms with E-state index < -0.39 is 10.4 Å². The lowest BCUT2D eigenvalue weighted by molar-refractivity contribution is -0.118. The highest BCUT2D eigenvalue weighted by atomic mass is 32.3. The smallest absolute Gasteiger partial charge is 0.394 e. The lowest BCUT2D eigenvalue weighted by Crippen LogP contribution is -2.03. The molecule has 8 nitrogen and oxygen atoms in total. The Morgan fingerprint density at radius 1 is 1.15 bits per heavy atom. The fourth-order valence-electron chi connectivity index (χ4n) is 2.50. The number of fused-ring (bicyclic) bond motifs is 3. The number of nitrogen functional groups attached to an aromatic ring is 1. The Hall–Kier alpha value is -2.75. The first-order valence-corrected chi connectivity index (χ1v) is 9.16. The molecule has 3 aromatic rings. The number of hydrogen-bond acceptors (Lipinski definition) is 4. The summed E-state index contributed by atoms with van der Waals surface area (Å²) in [4.78, 5) is 19.1. The van der Waals surface area contributed by atoms with E-state index in [0.717, 1.165) is 28.2 Å². The number of nitrogens with two attached hydrogens (primary N) is 1. The van der Waals surface area contributed by atoms with Gasteiger partial charge in [0, 0.05) is 22.7 Å². The number of nitrogens with one attached hydrogen (secondary N) is 1. The first-order chi connectivity index (χ1) is 12.2. The van der Waals surface area contributed by atoms with Gasteiger partial charge < -0.3 is 10.7 Å². The lowest BCUT2D eigenvalue weighted by atomic mass is 10.2. The van der Waals surface area contributed by atoms with E-state index in [1.807, 2.05) is 49.4 Å². The van der Waals surface area contributed by atoms with Crippen LogP contribution in [0.25, 0.3) is 21.8 Å². The van der Waals surface area contributed by atoms with Crippen LogP contribution < -0.4 is 11.1 Å². The summed E-state index contributed by atoms with van der Waals surface area (Å²) in [6, 6.07) is 13.5. The predicted molar refractivity (Wildman–Crippen MR) is 99.9 cm³/mol. The van der Waals surface area contributed by atoms with Crippen LogP contribution in [0.2, 0.25) is 0 Å². The van der Waals surface area contributed by atoms with Crippen molar-refractivity contribution in [3.63, 3.8) is 0 Å². The molecule has 0 aliphatic carbocycles. The van der Waals surface area contributed by atoms with Crippen LogP contribution in [0, 0.1) is 0 Å². The molecule has 0 aliphatic rings. The van der Waals surface area contributed by atoms with Gasteiger partial charge in [0.25, 0.3) is 0 Å². The molecule has 1 aromatic heterocycles. The number of aromatic nitrogens is 1. The van der Waals surface area contributed by atoms with Gasteiger partial charge in [-0.05, 0) is 24.6 Å². The maximum atomic E-state index is 11.7. The van der Waals surface area contributed by atoms with Crippen molar-refractivity contribution in [2.75, 3.05) is 5.73 Å². The molecule has 26 heavy (non-hydrogen) atoms. The molecule has 9 heteroatoms. The third-order valence-corrected chi connectivity index (χ3v) is 3.48. The maximum Gasteiger partial charge on any atom is 0.394 e. The molecule has 0 spiro atoms. The van der Waals surface area contributed by atoms with Gasteiger partial charge in [-0.3, -0.25) is 13.9 Å². The monoisotopic (exact) mass is 377 g/mol. The van der Waals surface area contributed by atoms with Crippen LogP contribution in [-0.2, 0) is 15.2 Å². The van der Waals surface area contributed by atoms with Gasteiger partial charge in [-0.2, -0.15) is 8.42 Å². The Morgan fingerprint density at radius 2 is 1.77 bits per heavy atom. The number of benzene rings is 1. The number of anilines is 1. The Kier molecular flexibility index (Phi) is 6.09. The van der Waals surface area contributed by atoms with Crippen LogP contribution in [0.4, 0.5) is 5.69 Å². The number of H-pyrrole nitrogens is 1. The maximum absolute atomic E-state index is 11.7. The zero-order valence-electron chi connectivity index (χ0n) is 14.0. The number of para-hydroxylation sites is 1. The first-order valence-electron chi connectivity index (χ1n) is 7.76. The molecule has 2 aromatic carbocycles. The standard InChI is InChI=1S/C17H17N3O.H2O4S/c1-2-5-16(21)19-11-6-3-7-12-13-8-4-9-14(18)17(13)20-15(12)10-11;1-5(2,3)4/h3-4,6-10,20H,2,5,18H2,1H3;(H2,1,2,3,4). The third kappa shape index (κ3) is 5.38. The quantitative estimate of drug-likeness (QED) is 0.398. The number of rotatable bonds is 2. The highest BCUT2D eigenvalue weighted by molar-refractivity contribution is 7.79. The normalized spacial score (nSPS) is 12.0. The summed E-state index contributed by atoms with van der Waals surface area (Å²) in [6.07, 6.45) is 1.28. The number of carbonyl (C=O) groups is 1. The van der Waals surface area contributed by atoms with Crippen LogP contribution in [0.1, 0.15) is 19.8 Å². The molecule has 0 aliphatic heterocycles. The number of hydrogen-bond donors (Lipinski definition) is 4. The van der Waals surface area contributed by atoms with Crippen molar-refractivity contribution in [1.29, 1.82) is 0 Å². The minimum Gasteiger partial charge on any atom is -0.397 e.